The first-order chi connectivity index (χ1) is 15.5. The second kappa shape index (κ2) is 11.6. The van der Waals surface area contributed by atoms with Crippen molar-refractivity contribution in [3.05, 3.63) is 46.4 Å². The third kappa shape index (κ3) is 6.43. The number of anilines is 2. The maximum atomic E-state index is 10.4. The van der Waals surface area contributed by atoms with E-state index >= 15 is 0 Å². The zero-order valence-corrected chi connectivity index (χ0v) is 21.0. The van der Waals surface area contributed by atoms with Crippen LogP contribution in [0.3, 0.4) is 0 Å². The zero-order valence-electron chi connectivity index (χ0n) is 17.9. The number of hydrogen-bond donors (Lipinski definition) is 4. The van der Waals surface area contributed by atoms with E-state index in [2.05, 4.69) is 10.6 Å². The largest absolute Gasteiger partial charge is 0.391 e. The lowest BCUT2D eigenvalue weighted by atomic mass is 9.92. The van der Waals surface area contributed by atoms with Gasteiger partial charge >= 0.3 is 0 Å². The Labute approximate surface area is 208 Å². The Morgan fingerprint density at radius 3 is 1.47 bits per heavy atom. The van der Waals surface area contributed by atoms with Crippen molar-refractivity contribution in [2.45, 2.75) is 85.4 Å². The van der Waals surface area contributed by atoms with E-state index in [1.165, 1.54) is 0 Å². The Kier molecular flexibility index (Phi) is 8.82. The van der Waals surface area contributed by atoms with Crippen LogP contribution in [0.1, 0.15) is 51.4 Å². The molecule has 0 amide bonds. The number of benzene rings is 2. The second-order valence-corrected chi connectivity index (χ2v) is 11.7. The van der Waals surface area contributed by atoms with Gasteiger partial charge in [-0.3, -0.25) is 0 Å². The van der Waals surface area contributed by atoms with E-state index in [-0.39, 0.29) is 24.3 Å². The molecule has 4 atom stereocenters. The van der Waals surface area contributed by atoms with Gasteiger partial charge in [-0.1, -0.05) is 70.5 Å². The van der Waals surface area contributed by atoms with E-state index in [1.54, 1.807) is 21.6 Å². The van der Waals surface area contributed by atoms with Gasteiger partial charge in [-0.25, -0.2) is 0 Å². The van der Waals surface area contributed by atoms with Gasteiger partial charge in [-0.2, -0.15) is 0 Å². The van der Waals surface area contributed by atoms with Crippen LogP contribution < -0.4 is 10.6 Å². The normalized spacial score (nSPS) is 26.0. The van der Waals surface area contributed by atoms with Crippen molar-refractivity contribution in [3.63, 3.8) is 0 Å². The fourth-order valence-corrected chi connectivity index (χ4v) is 7.02. The van der Waals surface area contributed by atoms with Gasteiger partial charge in [0.15, 0.2) is 0 Å². The lowest BCUT2D eigenvalue weighted by Crippen LogP contribution is -2.36. The molecule has 4 nitrogen and oxygen atoms in total. The van der Waals surface area contributed by atoms with Crippen LogP contribution in [0, 0.1) is 0 Å². The number of aliphatic hydroxyl groups excluding tert-OH is 2. The average Bonchev–Trinajstić information content (AvgIpc) is 2.77. The highest BCUT2D eigenvalue weighted by Crippen LogP contribution is 2.45. The molecule has 0 saturated heterocycles. The monoisotopic (exact) mass is 512 g/mol. The van der Waals surface area contributed by atoms with Gasteiger partial charge in [0.1, 0.15) is 0 Å². The molecule has 0 spiro atoms. The van der Waals surface area contributed by atoms with Crippen LogP contribution in [0.15, 0.2) is 46.2 Å². The van der Waals surface area contributed by atoms with Crippen LogP contribution in [0.25, 0.3) is 0 Å². The highest BCUT2D eigenvalue weighted by molar-refractivity contribution is 8.76. The smallest absolute Gasteiger partial charge is 0.0741 e. The van der Waals surface area contributed by atoms with E-state index < -0.39 is 0 Å². The number of aliphatic hydroxyl groups is 2. The quantitative estimate of drug-likeness (QED) is 0.293. The number of halogens is 2. The van der Waals surface area contributed by atoms with Gasteiger partial charge in [0.05, 0.1) is 35.7 Å². The van der Waals surface area contributed by atoms with Gasteiger partial charge in [0.2, 0.25) is 0 Å². The van der Waals surface area contributed by atoms with Crippen LogP contribution >= 0.6 is 44.8 Å². The van der Waals surface area contributed by atoms with Crippen molar-refractivity contribution in [1.82, 2.24) is 0 Å². The highest BCUT2D eigenvalue weighted by Gasteiger charge is 2.25. The first-order valence-electron chi connectivity index (χ1n) is 11.3. The lowest BCUT2D eigenvalue weighted by Gasteiger charge is -2.30. The molecule has 0 aromatic heterocycles. The SMILES string of the molecule is OC1CCCCC1Nc1cc(Cl)ccc1SSc1ccc(Cl)cc1NC1CCCCC1O. The highest BCUT2D eigenvalue weighted by atomic mass is 35.5. The zero-order chi connectivity index (χ0) is 22.5. The van der Waals surface area contributed by atoms with Gasteiger partial charge in [0, 0.05) is 19.8 Å². The van der Waals surface area contributed by atoms with Crippen LogP contribution in [-0.2, 0) is 0 Å². The minimum Gasteiger partial charge on any atom is -0.391 e. The lowest BCUT2D eigenvalue weighted by molar-refractivity contribution is 0.116. The summed E-state index contributed by atoms with van der Waals surface area (Å²) in [4.78, 5) is 2.13. The van der Waals surface area contributed by atoms with Crippen LogP contribution in [0.2, 0.25) is 10.0 Å². The summed E-state index contributed by atoms with van der Waals surface area (Å²) in [5, 5.41) is 29.2. The van der Waals surface area contributed by atoms with Crippen molar-refractivity contribution in [2.24, 2.45) is 0 Å². The predicted molar refractivity (Wildman–Crippen MR) is 138 cm³/mol. The minimum atomic E-state index is -0.331. The van der Waals surface area contributed by atoms with Gasteiger partial charge in [0.25, 0.3) is 0 Å². The molecule has 4 unspecified atom stereocenters. The first-order valence-corrected chi connectivity index (χ1v) is 14.2. The van der Waals surface area contributed by atoms with Crippen molar-refractivity contribution < 1.29 is 10.2 Å². The predicted octanol–water partition coefficient (Wildman–Crippen LogP) is 7.22. The molecule has 2 aliphatic carbocycles. The molecule has 0 aliphatic heterocycles. The maximum absolute atomic E-state index is 10.4. The van der Waals surface area contributed by atoms with E-state index in [0.717, 1.165) is 72.5 Å². The van der Waals surface area contributed by atoms with Crippen molar-refractivity contribution in [1.29, 1.82) is 0 Å². The Morgan fingerprint density at radius 1 is 0.656 bits per heavy atom. The summed E-state index contributed by atoms with van der Waals surface area (Å²) in [6.07, 6.45) is 7.33. The standard InChI is InChI=1S/C24H30Cl2N2O2S2/c25-15-9-11-23(19(13-15)27-17-5-1-3-7-21(17)29)31-32-24-12-10-16(26)14-20(24)28-18-6-2-4-8-22(18)30/h9-14,17-18,21-22,27-30H,1-8H2. The third-order valence-corrected chi connectivity index (χ3v) is 9.20. The molecule has 2 aliphatic rings. The summed E-state index contributed by atoms with van der Waals surface area (Å²) in [7, 11) is 3.30. The molecule has 2 fully saturated rings. The Hall–Kier alpha value is -0.760. The van der Waals surface area contributed by atoms with Crippen molar-refractivity contribution >= 4 is 56.2 Å². The molecule has 0 heterocycles. The molecule has 4 N–H and O–H groups in total. The summed E-state index contributed by atoms with van der Waals surface area (Å²) in [5.41, 5.74) is 1.90. The van der Waals surface area contributed by atoms with Gasteiger partial charge in [-0.15, -0.1) is 0 Å². The fraction of sp³-hybridized carbons (Fsp3) is 0.500. The number of nitrogens with one attached hydrogen (secondary N) is 2. The Bertz CT molecular complexity index is 844. The second-order valence-electron chi connectivity index (χ2n) is 8.65. The van der Waals surface area contributed by atoms with E-state index in [4.69, 9.17) is 23.2 Å². The Balaban J connectivity index is 1.48. The van der Waals surface area contributed by atoms with E-state index in [0.29, 0.717) is 10.0 Å². The fourth-order valence-electron chi connectivity index (χ4n) is 4.42. The molecular formula is C24H30Cl2N2O2S2. The van der Waals surface area contributed by atoms with Crippen molar-refractivity contribution in [2.75, 3.05) is 10.6 Å². The molecule has 8 heteroatoms. The maximum Gasteiger partial charge on any atom is 0.0741 e. The minimum absolute atomic E-state index is 0.0483. The third-order valence-electron chi connectivity index (χ3n) is 6.25. The topological polar surface area (TPSA) is 64.5 Å². The summed E-state index contributed by atoms with van der Waals surface area (Å²) >= 11 is 12.6. The van der Waals surface area contributed by atoms with Crippen LogP contribution in [-0.4, -0.2) is 34.5 Å². The molecule has 0 radical (unpaired) electrons. The van der Waals surface area contributed by atoms with Crippen LogP contribution in [0.4, 0.5) is 11.4 Å². The Morgan fingerprint density at radius 2 is 1.06 bits per heavy atom. The molecule has 32 heavy (non-hydrogen) atoms. The van der Waals surface area contributed by atoms with Crippen molar-refractivity contribution in [3.8, 4) is 0 Å². The number of rotatable bonds is 7. The number of hydrogen-bond acceptors (Lipinski definition) is 6. The average molecular weight is 514 g/mol. The molecule has 2 aromatic rings. The molecule has 174 valence electrons. The van der Waals surface area contributed by atoms with Crippen LogP contribution in [0.5, 0.6) is 0 Å². The summed E-state index contributed by atoms with van der Waals surface area (Å²) < 4.78 is 0. The summed E-state index contributed by atoms with van der Waals surface area (Å²) in [5.74, 6) is 0. The summed E-state index contributed by atoms with van der Waals surface area (Å²) in [6.45, 7) is 0. The molecule has 4 rings (SSSR count). The van der Waals surface area contributed by atoms with Gasteiger partial charge < -0.3 is 20.8 Å². The summed E-state index contributed by atoms with van der Waals surface area (Å²) in [6, 6.07) is 11.8. The molecule has 0 bridgehead atoms. The first kappa shape index (κ1) is 24.4. The van der Waals surface area contributed by atoms with E-state index in [1.807, 2.05) is 36.4 Å². The molecular weight excluding hydrogens is 483 g/mol. The molecule has 2 saturated carbocycles. The van der Waals surface area contributed by atoms with Gasteiger partial charge in [-0.05, 0) is 62.1 Å². The molecule has 2 aromatic carbocycles. The van der Waals surface area contributed by atoms with E-state index in [9.17, 15) is 10.2 Å².